The quantitative estimate of drug-likeness (QED) is 0.467. The molecule has 0 amide bonds. The predicted molar refractivity (Wildman–Crippen MR) is 106 cm³/mol. The highest BCUT2D eigenvalue weighted by Gasteiger charge is 2.16. The van der Waals surface area contributed by atoms with Gasteiger partial charge in [-0.1, -0.05) is 41.9 Å². The first-order valence-corrected chi connectivity index (χ1v) is 10.2. The van der Waals surface area contributed by atoms with E-state index in [-0.39, 0.29) is 5.75 Å². The SMILES string of the molecule is COc1ccc(Nc2nc(CI)nc(OCC3CCCCC3)n2)cc1F. The van der Waals surface area contributed by atoms with Gasteiger partial charge in [0.25, 0.3) is 0 Å². The van der Waals surface area contributed by atoms with Gasteiger partial charge in [0.05, 0.1) is 18.1 Å². The zero-order valence-electron chi connectivity index (χ0n) is 14.7. The molecule has 0 spiro atoms. The van der Waals surface area contributed by atoms with Gasteiger partial charge in [-0.05, 0) is 30.9 Å². The number of halogens is 2. The van der Waals surface area contributed by atoms with Crippen LogP contribution in [0.25, 0.3) is 0 Å². The van der Waals surface area contributed by atoms with E-state index in [4.69, 9.17) is 9.47 Å². The van der Waals surface area contributed by atoms with Crippen LogP contribution in [0, 0.1) is 11.7 Å². The predicted octanol–water partition coefficient (Wildman–Crippen LogP) is 4.66. The second-order valence-corrected chi connectivity index (χ2v) is 7.04. The molecule has 1 aliphatic rings. The molecule has 140 valence electrons. The van der Waals surface area contributed by atoms with E-state index >= 15 is 0 Å². The van der Waals surface area contributed by atoms with E-state index in [2.05, 4.69) is 42.9 Å². The topological polar surface area (TPSA) is 69.2 Å². The molecule has 2 aromatic rings. The number of alkyl halides is 1. The lowest BCUT2D eigenvalue weighted by Gasteiger charge is -2.21. The van der Waals surface area contributed by atoms with Gasteiger partial charge in [0, 0.05) is 11.8 Å². The minimum absolute atomic E-state index is 0.190. The molecule has 1 saturated carbocycles. The second kappa shape index (κ2) is 9.29. The maximum Gasteiger partial charge on any atom is 0.321 e. The molecule has 0 aliphatic heterocycles. The van der Waals surface area contributed by atoms with Gasteiger partial charge in [-0.15, -0.1) is 0 Å². The molecule has 0 atom stereocenters. The summed E-state index contributed by atoms with van der Waals surface area (Å²) in [6.07, 6.45) is 6.23. The molecule has 8 heteroatoms. The number of ether oxygens (including phenoxy) is 2. The third-order valence-corrected chi connectivity index (χ3v) is 5.04. The summed E-state index contributed by atoms with van der Waals surface area (Å²) >= 11 is 2.19. The third kappa shape index (κ3) is 5.15. The number of methoxy groups -OCH3 is 1. The number of nitrogens with one attached hydrogen (secondary N) is 1. The zero-order valence-corrected chi connectivity index (χ0v) is 16.8. The maximum absolute atomic E-state index is 13.9. The van der Waals surface area contributed by atoms with E-state index < -0.39 is 5.82 Å². The first-order valence-electron chi connectivity index (χ1n) is 8.72. The van der Waals surface area contributed by atoms with Crippen LogP contribution in [0.15, 0.2) is 18.2 Å². The Hall–Kier alpha value is -1.71. The van der Waals surface area contributed by atoms with Crippen LogP contribution in [0.5, 0.6) is 11.8 Å². The number of rotatable bonds is 7. The first-order chi connectivity index (χ1) is 12.7. The Bertz CT molecular complexity index is 741. The van der Waals surface area contributed by atoms with Gasteiger partial charge in [0.2, 0.25) is 5.95 Å². The molecule has 26 heavy (non-hydrogen) atoms. The van der Waals surface area contributed by atoms with Gasteiger partial charge in [-0.3, -0.25) is 0 Å². The normalized spacial score (nSPS) is 14.9. The Kier molecular flexibility index (Phi) is 6.81. The summed E-state index contributed by atoms with van der Waals surface area (Å²) in [6, 6.07) is 4.92. The molecule has 0 saturated heterocycles. The van der Waals surface area contributed by atoms with Crippen molar-refractivity contribution < 1.29 is 13.9 Å². The van der Waals surface area contributed by atoms with Crippen LogP contribution in [0.4, 0.5) is 16.0 Å². The van der Waals surface area contributed by atoms with Crippen LogP contribution in [-0.4, -0.2) is 28.7 Å². The molecule has 6 nitrogen and oxygen atoms in total. The van der Waals surface area contributed by atoms with Crippen molar-refractivity contribution in [1.82, 2.24) is 15.0 Å². The molecule has 1 fully saturated rings. The van der Waals surface area contributed by atoms with E-state index in [1.807, 2.05) is 0 Å². The Balaban J connectivity index is 1.71. The molecule has 1 aliphatic carbocycles. The molecular weight excluding hydrogens is 450 g/mol. The number of hydrogen-bond acceptors (Lipinski definition) is 6. The minimum atomic E-state index is -0.450. The summed E-state index contributed by atoms with van der Waals surface area (Å²) in [4.78, 5) is 13.0. The van der Waals surface area contributed by atoms with Crippen molar-refractivity contribution in [2.45, 2.75) is 36.5 Å². The molecule has 3 rings (SSSR count). The summed E-state index contributed by atoms with van der Waals surface area (Å²) in [7, 11) is 1.43. The third-order valence-electron chi connectivity index (χ3n) is 4.36. The lowest BCUT2D eigenvalue weighted by Crippen LogP contribution is -2.17. The van der Waals surface area contributed by atoms with Crippen molar-refractivity contribution in [3.63, 3.8) is 0 Å². The van der Waals surface area contributed by atoms with E-state index in [0.29, 0.717) is 40.4 Å². The molecule has 1 aromatic carbocycles. The van der Waals surface area contributed by atoms with E-state index in [1.54, 1.807) is 12.1 Å². The fourth-order valence-electron chi connectivity index (χ4n) is 3.00. The monoisotopic (exact) mass is 472 g/mol. The van der Waals surface area contributed by atoms with Gasteiger partial charge >= 0.3 is 6.01 Å². The number of nitrogens with zero attached hydrogens (tertiary/aromatic N) is 3. The lowest BCUT2D eigenvalue weighted by atomic mass is 9.90. The first kappa shape index (κ1) is 19.1. The molecule has 0 bridgehead atoms. The Labute approximate surface area is 166 Å². The second-order valence-electron chi connectivity index (χ2n) is 6.28. The summed E-state index contributed by atoms with van der Waals surface area (Å²) in [5.41, 5.74) is 0.534. The van der Waals surface area contributed by atoms with E-state index in [1.165, 1.54) is 45.3 Å². The molecule has 1 heterocycles. The molecule has 1 N–H and O–H groups in total. The number of aromatic nitrogens is 3. The van der Waals surface area contributed by atoms with Gasteiger partial charge < -0.3 is 14.8 Å². The van der Waals surface area contributed by atoms with Gasteiger partial charge in [-0.25, -0.2) is 4.39 Å². The van der Waals surface area contributed by atoms with Crippen LogP contribution in [0.1, 0.15) is 37.9 Å². The van der Waals surface area contributed by atoms with Crippen LogP contribution < -0.4 is 14.8 Å². The summed E-state index contributed by atoms with van der Waals surface area (Å²) in [6.45, 7) is 0.626. The fourth-order valence-corrected chi connectivity index (χ4v) is 3.34. The van der Waals surface area contributed by atoms with Gasteiger partial charge in [-0.2, -0.15) is 15.0 Å². The highest BCUT2D eigenvalue weighted by Crippen LogP contribution is 2.25. The number of anilines is 2. The van der Waals surface area contributed by atoms with Gasteiger partial charge in [0.1, 0.15) is 5.82 Å². The standard InChI is InChI=1S/C18H22FIN4O2/c1-25-15-8-7-13(9-14(15)19)21-17-22-16(10-20)23-18(24-17)26-11-12-5-3-2-4-6-12/h7-9,12H,2-6,10-11H2,1H3,(H,21,22,23,24). The average Bonchev–Trinajstić information content (AvgIpc) is 2.67. The van der Waals surface area contributed by atoms with Crippen molar-refractivity contribution in [2.24, 2.45) is 5.92 Å². The highest BCUT2D eigenvalue weighted by molar-refractivity contribution is 14.1. The number of hydrogen-bond donors (Lipinski definition) is 1. The van der Waals surface area contributed by atoms with Crippen molar-refractivity contribution in [3.8, 4) is 11.8 Å². The minimum Gasteiger partial charge on any atom is -0.494 e. The average molecular weight is 472 g/mol. The molecule has 0 unspecified atom stereocenters. The summed E-state index contributed by atoms with van der Waals surface area (Å²) < 4.78 is 25.2. The maximum atomic E-state index is 13.9. The van der Waals surface area contributed by atoms with E-state index in [9.17, 15) is 4.39 Å². The molecular formula is C18H22FIN4O2. The van der Waals surface area contributed by atoms with E-state index in [0.717, 1.165) is 0 Å². The van der Waals surface area contributed by atoms with Crippen molar-refractivity contribution in [2.75, 3.05) is 19.0 Å². The van der Waals surface area contributed by atoms with Crippen molar-refractivity contribution >= 4 is 34.2 Å². The number of benzene rings is 1. The Morgan fingerprint density at radius 2 is 2.00 bits per heavy atom. The zero-order chi connectivity index (χ0) is 18.4. The summed E-state index contributed by atoms with van der Waals surface area (Å²) in [5.74, 6) is 1.27. The van der Waals surface area contributed by atoms with Crippen molar-refractivity contribution in [1.29, 1.82) is 0 Å². The van der Waals surface area contributed by atoms with Crippen molar-refractivity contribution in [3.05, 3.63) is 29.8 Å². The highest BCUT2D eigenvalue weighted by atomic mass is 127. The summed E-state index contributed by atoms with van der Waals surface area (Å²) in [5, 5.41) is 3.01. The lowest BCUT2D eigenvalue weighted by molar-refractivity contribution is 0.196. The van der Waals surface area contributed by atoms with Gasteiger partial charge in [0.15, 0.2) is 11.6 Å². The Morgan fingerprint density at radius 1 is 1.19 bits per heavy atom. The largest absolute Gasteiger partial charge is 0.494 e. The smallest absolute Gasteiger partial charge is 0.321 e. The molecule has 0 radical (unpaired) electrons. The van der Waals surface area contributed by atoms with Crippen LogP contribution in [0.3, 0.4) is 0 Å². The van der Waals surface area contributed by atoms with Crippen LogP contribution >= 0.6 is 22.6 Å². The fraction of sp³-hybridized carbons (Fsp3) is 0.500. The van der Waals surface area contributed by atoms with Crippen LogP contribution in [0.2, 0.25) is 0 Å². The Morgan fingerprint density at radius 3 is 2.69 bits per heavy atom. The van der Waals surface area contributed by atoms with Crippen LogP contribution in [-0.2, 0) is 4.43 Å². The molecule has 1 aromatic heterocycles.